The second-order valence-corrected chi connectivity index (χ2v) is 7.19. The molecule has 1 aliphatic heterocycles. The van der Waals surface area contributed by atoms with Crippen LogP contribution in [0.5, 0.6) is 0 Å². The fourth-order valence-corrected chi connectivity index (χ4v) is 3.49. The Hall–Kier alpha value is -2.99. The molecule has 0 aromatic heterocycles. The standard InChI is InChI=1S/C22H23FN2O3/c1-24(2)13-8-14-25-19(16-11-6-7-12-17(16)23)18(21(27)22(25)28)20(26)15-9-4-3-5-10-15/h3-7,9-12,19,26H,8,13-14H2,1-2H3/p+1/t19-/m1/s1. The molecule has 0 radical (unpaired) electrons. The van der Waals surface area contributed by atoms with Crippen LogP contribution in [0.1, 0.15) is 23.6 Å². The summed E-state index contributed by atoms with van der Waals surface area (Å²) in [6, 6.07) is 13.6. The Morgan fingerprint density at radius 2 is 1.71 bits per heavy atom. The van der Waals surface area contributed by atoms with Crippen LogP contribution in [0, 0.1) is 5.82 Å². The number of halogens is 1. The predicted octanol–water partition coefficient (Wildman–Crippen LogP) is 1.78. The zero-order chi connectivity index (χ0) is 20.3. The van der Waals surface area contributed by atoms with E-state index in [4.69, 9.17) is 0 Å². The van der Waals surface area contributed by atoms with Gasteiger partial charge in [-0.05, 0) is 6.07 Å². The second-order valence-electron chi connectivity index (χ2n) is 7.19. The number of benzene rings is 2. The average molecular weight is 383 g/mol. The zero-order valence-corrected chi connectivity index (χ0v) is 16.0. The summed E-state index contributed by atoms with van der Waals surface area (Å²) in [5.41, 5.74) is 0.550. The molecule has 1 saturated heterocycles. The van der Waals surface area contributed by atoms with E-state index in [2.05, 4.69) is 0 Å². The molecule has 1 amide bonds. The van der Waals surface area contributed by atoms with Crippen LogP contribution in [0.15, 0.2) is 60.2 Å². The van der Waals surface area contributed by atoms with Gasteiger partial charge in [-0.1, -0.05) is 48.5 Å². The van der Waals surface area contributed by atoms with E-state index in [1.807, 2.05) is 14.1 Å². The van der Waals surface area contributed by atoms with Gasteiger partial charge in [-0.15, -0.1) is 0 Å². The Morgan fingerprint density at radius 1 is 1.07 bits per heavy atom. The van der Waals surface area contributed by atoms with Crippen molar-refractivity contribution in [2.75, 3.05) is 27.2 Å². The molecule has 2 N–H and O–H groups in total. The third kappa shape index (κ3) is 3.82. The van der Waals surface area contributed by atoms with Gasteiger partial charge in [0.25, 0.3) is 11.7 Å². The van der Waals surface area contributed by atoms with Crippen LogP contribution >= 0.6 is 0 Å². The van der Waals surface area contributed by atoms with Crippen molar-refractivity contribution >= 4 is 17.4 Å². The van der Waals surface area contributed by atoms with Crippen molar-refractivity contribution in [2.24, 2.45) is 0 Å². The molecule has 1 fully saturated rings. The molecule has 0 spiro atoms. The first-order valence-electron chi connectivity index (χ1n) is 9.29. The van der Waals surface area contributed by atoms with E-state index in [1.165, 1.54) is 15.9 Å². The van der Waals surface area contributed by atoms with Gasteiger partial charge in [0.1, 0.15) is 11.6 Å². The number of likely N-dealkylation sites (tertiary alicyclic amines) is 1. The quantitative estimate of drug-likeness (QED) is 0.454. The topological polar surface area (TPSA) is 62.0 Å². The smallest absolute Gasteiger partial charge is 0.295 e. The molecule has 6 heteroatoms. The molecular weight excluding hydrogens is 359 g/mol. The summed E-state index contributed by atoms with van der Waals surface area (Å²) in [6.45, 7) is 1.10. The number of carbonyl (C=O) groups is 2. The first-order chi connectivity index (χ1) is 13.4. The Labute approximate surface area is 163 Å². The minimum atomic E-state index is -0.946. The molecule has 1 aliphatic rings. The lowest BCUT2D eigenvalue weighted by Gasteiger charge is -2.25. The van der Waals surface area contributed by atoms with Gasteiger partial charge in [-0.25, -0.2) is 4.39 Å². The number of amides is 1. The number of nitrogens with zero attached hydrogens (tertiary/aromatic N) is 1. The first-order valence-corrected chi connectivity index (χ1v) is 9.29. The normalized spacial score (nSPS) is 18.9. The number of Topliss-reactive ketones (excluding diaryl/α,β-unsaturated/α-hetero) is 1. The van der Waals surface area contributed by atoms with Gasteiger partial charge in [-0.3, -0.25) is 9.59 Å². The summed E-state index contributed by atoms with van der Waals surface area (Å²) in [5, 5.41) is 10.8. The SMILES string of the molecule is C[NH+](C)CCCN1C(=O)C(=O)C(=C(O)c2ccccc2)[C@H]1c1ccccc1F. The minimum absolute atomic E-state index is 0.0708. The van der Waals surface area contributed by atoms with E-state index in [0.717, 1.165) is 6.54 Å². The molecule has 2 aromatic carbocycles. The number of hydrogen-bond donors (Lipinski definition) is 2. The maximum Gasteiger partial charge on any atom is 0.295 e. The van der Waals surface area contributed by atoms with Crippen molar-refractivity contribution in [2.45, 2.75) is 12.5 Å². The molecule has 0 unspecified atom stereocenters. The Balaban J connectivity index is 2.10. The number of rotatable bonds is 6. The molecule has 28 heavy (non-hydrogen) atoms. The number of nitrogens with one attached hydrogen (secondary N) is 1. The zero-order valence-electron chi connectivity index (χ0n) is 16.0. The maximum atomic E-state index is 14.6. The minimum Gasteiger partial charge on any atom is -0.507 e. The van der Waals surface area contributed by atoms with Gasteiger partial charge in [-0.2, -0.15) is 0 Å². The van der Waals surface area contributed by atoms with E-state index in [-0.39, 0.29) is 16.9 Å². The molecule has 0 bridgehead atoms. The molecule has 146 valence electrons. The lowest BCUT2D eigenvalue weighted by atomic mass is 9.95. The van der Waals surface area contributed by atoms with E-state index in [0.29, 0.717) is 18.5 Å². The molecular formula is C22H24FN2O3+. The van der Waals surface area contributed by atoms with Crippen molar-refractivity contribution in [1.29, 1.82) is 0 Å². The van der Waals surface area contributed by atoms with Gasteiger partial charge >= 0.3 is 0 Å². The highest BCUT2D eigenvalue weighted by molar-refractivity contribution is 6.46. The highest BCUT2D eigenvalue weighted by Gasteiger charge is 2.46. The van der Waals surface area contributed by atoms with Crippen LogP contribution in [0.3, 0.4) is 0 Å². The summed E-state index contributed by atoms with van der Waals surface area (Å²) in [5.74, 6) is -2.30. The van der Waals surface area contributed by atoms with Crippen LogP contribution in [0.25, 0.3) is 5.76 Å². The van der Waals surface area contributed by atoms with Gasteiger partial charge < -0.3 is 14.9 Å². The number of ketones is 1. The monoisotopic (exact) mass is 383 g/mol. The van der Waals surface area contributed by atoms with E-state index >= 15 is 0 Å². The average Bonchev–Trinajstić information content (AvgIpc) is 2.93. The summed E-state index contributed by atoms with van der Waals surface area (Å²) >= 11 is 0. The Kier molecular flexibility index (Phi) is 5.90. The number of hydrogen-bond acceptors (Lipinski definition) is 3. The van der Waals surface area contributed by atoms with Gasteiger partial charge in [0.15, 0.2) is 0 Å². The van der Waals surface area contributed by atoms with Crippen molar-refractivity contribution in [3.05, 3.63) is 77.1 Å². The highest BCUT2D eigenvalue weighted by atomic mass is 19.1. The van der Waals surface area contributed by atoms with Crippen molar-refractivity contribution in [3.63, 3.8) is 0 Å². The van der Waals surface area contributed by atoms with Gasteiger partial charge in [0.2, 0.25) is 0 Å². The molecule has 2 aromatic rings. The highest BCUT2D eigenvalue weighted by Crippen LogP contribution is 2.40. The third-order valence-electron chi connectivity index (χ3n) is 4.86. The summed E-state index contributed by atoms with van der Waals surface area (Å²) < 4.78 is 14.6. The van der Waals surface area contributed by atoms with Crippen LogP contribution in [0.4, 0.5) is 4.39 Å². The second kappa shape index (κ2) is 8.35. The molecule has 3 rings (SSSR count). The largest absolute Gasteiger partial charge is 0.507 e. The van der Waals surface area contributed by atoms with Crippen LogP contribution in [-0.4, -0.2) is 48.9 Å². The first kappa shape index (κ1) is 19.8. The Bertz CT molecular complexity index is 909. The van der Waals surface area contributed by atoms with E-state index < -0.39 is 23.5 Å². The summed E-state index contributed by atoms with van der Waals surface area (Å²) in [7, 11) is 4.00. The summed E-state index contributed by atoms with van der Waals surface area (Å²) in [6.07, 6.45) is 0.658. The number of carbonyl (C=O) groups excluding carboxylic acids is 2. The lowest BCUT2D eigenvalue weighted by Crippen LogP contribution is -3.05. The van der Waals surface area contributed by atoms with Gasteiger partial charge in [0.05, 0.1) is 32.3 Å². The Morgan fingerprint density at radius 3 is 2.36 bits per heavy atom. The van der Waals surface area contributed by atoms with E-state index in [1.54, 1.807) is 48.5 Å². The van der Waals surface area contributed by atoms with E-state index in [9.17, 15) is 19.1 Å². The number of aliphatic hydroxyl groups excluding tert-OH is 1. The lowest BCUT2D eigenvalue weighted by molar-refractivity contribution is -0.858. The van der Waals surface area contributed by atoms with Crippen molar-refractivity contribution < 1.29 is 24.0 Å². The molecule has 0 aliphatic carbocycles. The third-order valence-corrected chi connectivity index (χ3v) is 4.86. The van der Waals surface area contributed by atoms with Gasteiger partial charge in [0, 0.05) is 24.1 Å². The van der Waals surface area contributed by atoms with Crippen LogP contribution in [0.2, 0.25) is 0 Å². The summed E-state index contributed by atoms with van der Waals surface area (Å²) in [4.78, 5) is 28.1. The maximum absolute atomic E-state index is 14.6. The number of aliphatic hydroxyl groups is 1. The van der Waals surface area contributed by atoms with Crippen molar-refractivity contribution in [1.82, 2.24) is 4.90 Å². The molecule has 0 saturated carbocycles. The fourth-order valence-electron chi connectivity index (χ4n) is 3.49. The van der Waals surface area contributed by atoms with Crippen LogP contribution < -0.4 is 4.90 Å². The molecule has 5 nitrogen and oxygen atoms in total. The molecule has 1 atom stereocenters. The number of quaternary nitrogens is 1. The fraction of sp³-hybridized carbons (Fsp3) is 0.273. The van der Waals surface area contributed by atoms with Crippen LogP contribution in [-0.2, 0) is 9.59 Å². The van der Waals surface area contributed by atoms with Crippen molar-refractivity contribution in [3.8, 4) is 0 Å². The predicted molar refractivity (Wildman–Crippen MR) is 104 cm³/mol. The molecule has 1 heterocycles.